The molecule has 0 aliphatic heterocycles. The van der Waals surface area contributed by atoms with Crippen LogP contribution in [0.25, 0.3) is 22.1 Å². The topological polar surface area (TPSA) is 26.0 Å². The van der Waals surface area contributed by atoms with E-state index in [1.807, 2.05) is 6.07 Å². The van der Waals surface area contributed by atoms with Crippen molar-refractivity contribution >= 4 is 22.1 Å². The fourth-order valence-corrected chi connectivity index (χ4v) is 2.11. The Morgan fingerprint density at radius 1 is 1.06 bits per heavy atom. The molecule has 80 valence electrons. The van der Waals surface area contributed by atoms with E-state index in [9.17, 15) is 0 Å². The largest absolute Gasteiger partial charge is 0.437 e. The first kappa shape index (κ1) is 9.40. The fraction of sp³-hybridized carbons (Fsp3) is 0.214. The van der Waals surface area contributed by atoms with Crippen molar-refractivity contribution in [3.63, 3.8) is 0 Å². The molecular formula is C14H13NO. The fourth-order valence-electron chi connectivity index (χ4n) is 2.11. The van der Waals surface area contributed by atoms with Crippen LogP contribution in [0.1, 0.15) is 25.3 Å². The van der Waals surface area contributed by atoms with Crippen LogP contribution in [0.3, 0.4) is 0 Å². The van der Waals surface area contributed by atoms with Gasteiger partial charge in [0.15, 0.2) is 0 Å². The summed E-state index contributed by atoms with van der Waals surface area (Å²) in [6.07, 6.45) is 1.76. The van der Waals surface area contributed by atoms with Crippen molar-refractivity contribution in [2.24, 2.45) is 0 Å². The molecule has 16 heavy (non-hydrogen) atoms. The Morgan fingerprint density at radius 3 is 2.69 bits per heavy atom. The van der Waals surface area contributed by atoms with Crippen molar-refractivity contribution in [3.8, 4) is 0 Å². The van der Waals surface area contributed by atoms with E-state index in [1.54, 1.807) is 6.20 Å². The summed E-state index contributed by atoms with van der Waals surface area (Å²) >= 11 is 0. The molecule has 3 aromatic rings. The lowest BCUT2D eigenvalue weighted by molar-refractivity contribution is 0.643. The van der Waals surface area contributed by atoms with E-state index in [0.29, 0.717) is 5.92 Å². The van der Waals surface area contributed by atoms with Gasteiger partial charge < -0.3 is 4.42 Å². The third-order valence-corrected chi connectivity index (χ3v) is 2.93. The minimum absolute atomic E-state index is 0.462. The van der Waals surface area contributed by atoms with Gasteiger partial charge in [-0.2, -0.15) is 0 Å². The van der Waals surface area contributed by atoms with Crippen LogP contribution < -0.4 is 0 Å². The number of furan rings is 1. The van der Waals surface area contributed by atoms with Crippen molar-refractivity contribution in [1.82, 2.24) is 4.98 Å². The first-order chi connectivity index (χ1) is 7.77. The summed E-state index contributed by atoms with van der Waals surface area (Å²) in [5.74, 6) is 0.462. The Labute approximate surface area is 93.9 Å². The second-order valence-electron chi connectivity index (χ2n) is 4.34. The van der Waals surface area contributed by atoms with E-state index in [-0.39, 0.29) is 0 Å². The molecule has 0 radical (unpaired) electrons. The maximum absolute atomic E-state index is 5.83. The molecule has 0 saturated heterocycles. The van der Waals surface area contributed by atoms with Gasteiger partial charge in [-0.1, -0.05) is 32.0 Å². The SMILES string of the molecule is CC(C)c1cccc2c1oc1ncccc12. The van der Waals surface area contributed by atoms with E-state index in [4.69, 9.17) is 4.42 Å². The Bertz CT molecular complexity index is 652. The zero-order valence-corrected chi connectivity index (χ0v) is 9.40. The lowest BCUT2D eigenvalue weighted by atomic mass is 10.0. The second kappa shape index (κ2) is 3.34. The number of benzene rings is 1. The van der Waals surface area contributed by atoms with Crippen molar-refractivity contribution < 1.29 is 4.42 Å². The molecule has 1 aromatic carbocycles. The first-order valence-corrected chi connectivity index (χ1v) is 5.53. The first-order valence-electron chi connectivity index (χ1n) is 5.53. The number of rotatable bonds is 1. The normalized spacial score (nSPS) is 11.7. The molecule has 0 aliphatic carbocycles. The van der Waals surface area contributed by atoms with Crippen LogP contribution in [-0.4, -0.2) is 4.98 Å². The minimum atomic E-state index is 0.462. The lowest BCUT2D eigenvalue weighted by Crippen LogP contribution is -1.86. The minimum Gasteiger partial charge on any atom is -0.437 e. The van der Waals surface area contributed by atoms with Gasteiger partial charge in [0.25, 0.3) is 0 Å². The molecule has 0 atom stereocenters. The predicted octanol–water partition coefficient (Wildman–Crippen LogP) is 4.10. The third-order valence-electron chi connectivity index (χ3n) is 2.93. The van der Waals surface area contributed by atoms with E-state index >= 15 is 0 Å². The molecule has 0 aliphatic rings. The average Bonchev–Trinajstić information content (AvgIpc) is 2.67. The summed E-state index contributed by atoms with van der Waals surface area (Å²) in [7, 11) is 0. The summed E-state index contributed by atoms with van der Waals surface area (Å²) in [5, 5.41) is 2.26. The molecule has 2 heterocycles. The Kier molecular flexibility index (Phi) is 1.96. The van der Waals surface area contributed by atoms with E-state index in [1.165, 1.54) is 5.56 Å². The molecule has 2 aromatic heterocycles. The van der Waals surface area contributed by atoms with Gasteiger partial charge >= 0.3 is 0 Å². The van der Waals surface area contributed by atoms with Crippen LogP contribution in [0.2, 0.25) is 0 Å². The molecule has 3 rings (SSSR count). The summed E-state index contributed by atoms with van der Waals surface area (Å²) in [6.45, 7) is 4.35. The molecular weight excluding hydrogens is 198 g/mol. The van der Waals surface area contributed by atoms with Crippen LogP contribution in [0.15, 0.2) is 40.9 Å². The van der Waals surface area contributed by atoms with Crippen molar-refractivity contribution in [3.05, 3.63) is 42.1 Å². The monoisotopic (exact) mass is 211 g/mol. The van der Waals surface area contributed by atoms with Crippen LogP contribution in [0.5, 0.6) is 0 Å². The van der Waals surface area contributed by atoms with Crippen molar-refractivity contribution in [2.45, 2.75) is 19.8 Å². The average molecular weight is 211 g/mol. The number of fused-ring (bicyclic) bond motifs is 3. The number of pyridine rings is 1. The number of aromatic nitrogens is 1. The quantitative estimate of drug-likeness (QED) is 0.605. The molecule has 0 saturated carbocycles. The molecule has 0 spiro atoms. The molecule has 2 heteroatoms. The summed E-state index contributed by atoms with van der Waals surface area (Å²) < 4.78 is 5.83. The van der Waals surface area contributed by atoms with E-state index in [0.717, 1.165) is 22.1 Å². The smallest absolute Gasteiger partial charge is 0.227 e. The highest BCUT2D eigenvalue weighted by molar-refractivity contribution is 6.04. The number of hydrogen-bond donors (Lipinski definition) is 0. The molecule has 0 N–H and O–H groups in total. The van der Waals surface area contributed by atoms with Crippen molar-refractivity contribution in [2.75, 3.05) is 0 Å². The maximum atomic E-state index is 5.83. The van der Waals surface area contributed by atoms with Crippen LogP contribution in [0, 0.1) is 0 Å². The Balaban J connectivity index is 2.49. The Hall–Kier alpha value is -1.83. The van der Waals surface area contributed by atoms with Crippen LogP contribution in [0.4, 0.5) is 0 Å². The van der Waals surface area contributed by atoms with Gasteiger partial charge in [-0.05, 0) is 23.6 Å². The van der Waals surface area contributed by atoms with Gasteiger partial charge in [0.05, 0.1) is 0 Å². The highest BCUT2D eigenvalue weighted by Crippen LogP contribution is 2.32. The summed E-state index contributed by atoms with van der Waals surface area (Å²) in [6, 6.07) is 10.3. The molecule has 2 nitrogen and oxygen atoms in total. The number of para-hydroxylation sites is 1. The molecule has 0 unspecified atom stereocenters. The lowest BCUT2D eigenvalue weighted by Gasteiger charge is -2.04. The van der Waals surface area contributed by atoms with Gasteiger partial charge in [-0.3, -0.25) is 0 Å². The zero-order chi connectivity index (χ0) is 11.1. The van der Waals surface area contributed by atoms with Crippen molar-refractivity contribution in [1.29, 1.82) is 0 Å². The van der Waals surface area contributed by atoms with E-state index < -0.39 is 0 Å². The molecule has 0 fully saturated rings. The van der Waals surface area contributed by atoms with Gasteiger partial charge in [-0.15, -0.1) is 0 Å². The summed E-state index contributed by atoms with van der Waals surface area (Å²) in [5.41, 5.74) is 2.95. The number of hydrogen-bond acceptors (Lipinski definition) is 2. The Morgan fingerprint density at radius 2 is 1.88 bits per heavy atom. The summed E-state index contributed by atoms with van der Waals surface area (Å²) in [4.78, 5) is 4.25. The third kappa shape index (κ3) is 1.23. The highest BCUT2D eigenvalue weighted by Gasteiger charge is 2.12. The van der Waals surface area contributed by atoms with E-state index in [2.05, 4.69) is 43.1 Å². The van der Waals surface area contributed by atoms with Gasteiger partial charge in [-0.25, -0.2) is 4.98 Å². The highest BCUT2D eigenvalue weighted by atomic mass is 16.3. The van der Waals surface area contributed by atoms with Gasteiger partial charge in [0.1, 0.15) is 5.58 Å². The van der Waals surface area contributed by atoms with Gasteiger partial charge in [0, 0.05) is 17.0 Å². The molecule has 0 amide bonds. The number of nitrogens with zero attached hydrogens (tertiary/aromatic N) is 1. The predicted molar refractivity (Wildman–Crippen MR) is 65.6 cm³/mol. The zero-order valence-electron chi connectivity index (χ0n) is 9.40. The standard InChI is InChI=1S/C14H13NO/c1-9(2)10-5-3-6-11-12-7-4-8-15-14(12)16-13(10)11/h3-9H,1-2H3. The maximum Gasteiger partial charge on any atom is 0.227 e. The second-order valence-corrected chi connectivity index (χ2v) is 4.34. The van der Waals surface area contributed by atoms with Crippen LogP contribution >= 0.6 is 0 Å². The van der Waals surface area contributed by atoms with Gasteiger partial charge in [0.2, 0.25) is 5.71 Å². The molecule has 0 bridgehead atoms. The van der Waals surface area contributed by atoms with Crippen LogP contribution in [-0.2, 0) is 0 Å².